The fraction of sp³-hybridized carbons (Fsp3) is 0.500. The van der Waals surface area contributed by atoms with Gasteiger partial charge in [0, 0.05) is 18.1 Å². The molecule has 2 heterocycles. The molecule has 0 aliphatic carbocycles. The molecule has 1 N–H and O–H groups in total. The molecule has 1 aromatic heterocycles. The Hall–Kier alpha value is -3.18. The fourth-order valence-electron chi connectivity index (χ4n) is 3.85. The van der Waals surface area contributed by atoms with Gasteiger partial charge < -0.3 is 29.2 Å². The van der Waals surface area contributed by atoms with E-state index < -0.39 is 36.0 Å². The van der Waals surface area contributed by atoms with Crippen molar-refractivity contribution in [2.45, 2.75) is 40.3 Å². The maximum atomic E-state index is 15.2. The first-order chi connectivity index (χ1) is 16.9. The number of aromatic nitrogens is 1. The summed E-state index contributed by atoms with van der Waals surface area (Å²) in [5.41, 5.74) is 0.475. The van der Waals surface area contributed by atoms with Gasteiger partial charge in [0.15, 0.2) is 5.82 Å². The number of esters is 2. The largest absolute Gasteiger partial charge is 0.495 e. The number of carbonyl (C=O) groups is 3. The Morgan fingerprint density at radius 3 is 2.56 bits per heavy atom. The minimum atomic E-state index is -0.789. The molecule has 3 rings (SSSR count). The van der Waals surface area contributed by atoms with Crippen LogP contribution < -0.4 is 10.1 Å². The number of ether oxygens (including phenoxy) is 4. The minimum absolute atomic E-state index is 0.0394. The van der Waals surface area contributed by atoms with Gasteiger partial charge in [-0.15, -0.1) is 0 Å². The molecule has 0 unspecified atom stereocenters. The minimum Gasteiger partial charge on any atom is -0.495 e. The van der Waals surface area contributed by atoms with Gasteiger partial charge in [0.2, 0.25) is 12.7 Å². The monoisotopic (exact) mass is 525 g/mol. The Morgan fingerprint density at radius 1 is 1.25 bits per heavy atom. The van der Waals surface area contributed by atoms with E-state index in [1.807, 2.05) is 0 Å². The number of carbonyl (C=O) groups excluding carboxylic acids is 3. The van der Waals surface area contributed by atoms with Crippen molar-refractivity contribution in [1.82, 2.24) is 9.88 Å². The van der Waals surface area contributed by atoms with Gasteiger partial charge in [0.1, 0.15) is 35.3 Å². The van der Waals surface area contributed by atoms with E-state index in [1.165, 1.54) is 14.2 Å². The van der Waals surface area contributed by atoms with Crippen LogP contribution in [-0.2, 0) is 35.1 Å². The lowest BCUT2D eigenvalue weighted by atomic mass is 9.98. The zero-order valence-electron chi connectivity index (χ0n) is 21.0. The second-order valence-corrected chi connectivity index (χ2v) is 9.63. The molecule has 1 aliphatic rings. The predicted octanol–water partition coefficient (Wildman–Crippen LogP) is 3.59. The molecule has 1 aromatic carbocycles. The van der Waals surface area contributed by atoms with E-state index in [-0.39, 0.29) is 47.7 Å². The van der Waals surface area contributed by atoms with E-state index in [0.717, 1.165) is 0 Å². The molecular formula is C24H29ClFN3O7. The van der Waals surface area contributed by atoms with Crippen LogP contribution in [0.3, 0.4) is 0 Å². The van der Waals surface area contributed by atoms with Crippen molar-refractivity contribution >= 4 is 46.2 Å². The van der Waals surface area contributed by atoms with E-state index >= 15 is 4.39 Å². The number of rotatable bonds is 8. The summed E-state index contributed by atoms with van der Waals surface area (Å²) in [5, 5.41) is 3.06. The summed E-state index contributed by atoms with van der Waals surface area (Å²) >= 11 is 6.12. The van der Waals surface area contributed by atoms with Crippen LogP contribution in [0, 0.1) is 11.2 Å². The van der Waals surface area contributed by atoms with Gasteiger partial charge in [-0.3, -0.25) is 14.4 Å². The third-order valence-electron chi connectivity index (χ3n) is 5.72. The average Bonchev–Trinajstić information content (AvgIpc) is 3.17. The van der Waals surface area contributed by atoms with Gasteiger partial charge in [-0.05, 0) is 39.3 Å². The maximum absolute atomic E-state index is 15.2. The van der Waals surface area contributed by atoms with Crippen molar-refractivity contribution in [3.05, 3.63) is 28.0 Å². The highest BCUT2D eigenvalue weighted by atomic mass is 35.5. The molecule has 0 saturated heterocycles. The predicted molar refractivity (Wildman–Crippen MR) is 129 cm³/mol. The van der Waals surface area contributed by atoms with Crippen LogP contribution in [0.1, 0.15) is 44.9 Å². The number of nitrogens with zero attached hydrogens (tertiary/aromatic N) is 2. The van der Waals surface area contributed by atoms with Crippen molar-refractivity contribution in [3.8, 4) is 5.75 Å². The van der Waals surface area contributed by atoms with Gasteiger partial charge >= 0.3 is 11.9 Å². The first-order valence-electron chi connectivity index (χ1n) is 11.1. The molecule has 0 fully saturated rings. The van der Waals surface area contributed by atoms with Crippen molar-refractivity contribution in [2.24, 2.45) is 5.41 Å². The van der Waals surface area contributed by atoms with Crippen LogP contribution in [0.15, 0.2) is 6.07 Å². The molecule has 1 aliphatic heterocycles. The molecular weight excluding hydrogens is 497 g/mol. The quantitative estimate of drug-likeness (QED) is 0.407. The lowest BCUT2D eigenvalue weighted by Gasteiger charge is -2.22. The number of anilines is 1. The van der Waals surface area contributed by atoms with E-state index in [0.29, 0.717) is 16.5 Å². The normalized spacial score (nSPS) is 15.0. The summed E-state index contributed by atoms with van der Waals surface area (Å²) in [6, 6.07) is 1.14. The number of halogens is 2. The summed E-state index contributed by atoms with van der Waals surface area (Å²) in [6.07, 6.45) is 0. The number of fused-ring (bicyclic) bond motifs is 3. The maximum Gasteiger partial charge on any atom is 0.328 e. The van der Waals surface area contributed by atoms with E-state index in [4.69, 9.17) is 30.5 Å². The third-order valence-corrected chi connectivity index (χ3v) is 6.07. The smallest absolute Gasteiger partial charge is 0.328 e. The molecule has 0 spiro atoms. The summed E-state index contributed by atoms with van der Waals surface area (Å²) in [5.74, 6) is -1.97. The SMILES string of the molecule is COCC(=O)N1Cc2c(NCC(=O)OCOC(=O)C(C)(C)C)nc3c(F)c(Cl)c(OC)cc3c2[C@@H]1C. The molecule has 2 aromatic rings. The molecule has 36 heavy (non-hydrogen) atoms. The molecule has 196 valence electrons. The van der Waals surface area contributed by atoms with Crippen molar-refractivity contribution in [1.29, 1.82) is 0 Å². The molecule has 1 amide bonds. The first kappa shape index (κ1) is 27.4. The van der Waals surface area contributed by atoms with Gasteiger partial charge in [-0.25, -0.2) is 9.37 Å². The van der Waals surface area contributed by atoms with E-state index in [2.05, 4.69) is 10.3 Å². The van der Waals surface area contributed by atoms with Crippen LogP contribution in [0.4, 0.5) is 10.2 Å². The Kier molecular flexibility index (Phi) is 8.25. The molecule has 10 nitrogen and oxygen atoms in total. The number of methoxy groups -OCH3 is 2. The van der Waals surface area contributed by atoms with Crippen LogP contribution in [-0.4, -0.2) is 61.9 Å². The van der Waals surface area contributed by atoms with Crippen LogP contribution in [0.25, 0.3) is 10.9 Å². The number of amides is 1. The summed E-state index contributed by atoms with van der Waals surface area (Å²) in [4.78, 5) is 42.7. The van der Waals surface area contributed by atoms with Gasteiger partial charge in [0.05, 0.1) is 25.1 Å². The van der Waals surface area contributed by atoms with E-state index in [9.17, 15) is 14.4 Å². The van der Waals surface area contributed by atoms with Crippen LogP contribution in [0.2, 0.25) is 5.02 Å². The Balaban J connectivity index is 1.91. The summed E-state index contributed by atoms with van der Waals surface area (Å²) in [7, 11) is 2.79. The fourth-order valence-corrected chi connectivity index (χ4v) is 4.08. The lowest BCUT2D eigenvalue weighted by Crippen LogP contribution is -2.31. The highest BCUT2D eigenvalue weighted by Crippen LogP contribution is 2.44. The lowest BCUT2D eigenvalue weighted by molar-refractivity contribution is -0.172. The third kappa shape index (κ3) is 5.46. The highest BCUT2D eigenvalue weighted by Gasteiger charge is 2.36. The zero-order valence-corrected chi connectivity index (χ0v) is 21.7. The average molecular weight is 526 g/mol. The second kappa shape index (κ2) is 10.8. The molecule has 0 saturated carbocycles. The van der Waals surface area contributed by atoms with E-state index in [1.54, 1.807) is 38.7 Å². The van der Waals surface area contributed by atoms with Crippen molar-refractivity contribution < 1.29 is 37.7 Å². The topological polar surface area (TPSA) is 116 Å². The standard InChI is InChI=1S/C24H29ClFN3O7/c1-12-18-13-7-15(34-6)19(25)20(26)21(13)28-22(14(18)9-29(12)16(30)10-33-5)27-8-17(31)35-11-36-23(32)24(2,3)4/h7,12H,8-11H2,1-6H3,(H,27,28)/t12-/m0/s1. The van der Waals surface area contributed by atoms with Crippen LogP contribution in [0.5, 0.6) is 5.75 Å². The van der Waals surface area contributed by atoms with Crippen LogP contribution >= 0.6 is 11.6 Å². The highest BCUT2D eigenvalue weighted by molar-refractivity contribution is 6.33. The molecule has 12 heteroatoms. The van der Waals surface area contributed by atoms with Crippen molar-refractivity contribution in [3.63, 3.8) is 0 Å². The van der Waals surface area contributed by atoms with Gasteiger partial charge in [-0.1, -0.05) is 11.6 Å². The Bertz CT molecular complexity index is 1200. The second-order valence-electron chi connectivity index (χ2n) is 9.26. The number of hydrogen-bond acceptors (Lipinski definition) is 9. The number of pyridine rings is 1. The zero-order chi connectivity index (χ0) is 26.8. The first-order valence-corrected chi connectivity index (χ1v) is 11.5. The molecule has 1 atom stereocenters. The molecule has 0 bridgehead atoms. The Labute approximate surface area is 213 Å². The van der Waals surface area contributed by atoms with Crippen molar-refractivity contribution in [2.75, 3.05) is 39.5 Å². The van der Waals surface area contributed by atoms with Gasteiger partial charge in [-0.2, -0.15) is 0 Å². The van der Waals surface area contributed by atoms with Gasteiger partial charge in [0.25, 0.3) is 0 Å². The number of benzene rings is 1. The number of nitrogens with one attached hydrogen (secondary N) is 1. The number of hydrogen-bond donors (Lipinski definition) is 1. The summed E-state index contributed by atoms with van der Waals surface area (Å²) in [6.45, 7) is 5.97. The Morgan fingerprint density at radius 2 is 1.94 bits per heavy atom. The molecule has 0 radical (unpaired) electrons. The summed E-state index contributed by atoms with van der Waals surface area (Å²) < 4.78 is 35.3.